The minimum absolute atomic E-state index is 0.228. The van der Waals surface area contributed by atoms with Crippen LogP contribution in [0.3, 0.4) is 0 Å². The maximum Gasteiger partial charge on any atom is 0.265 e. The number of aliphatic hydroxyl groups is 1. The van der Waals surface area contributed by atoms with Gasteiger partial charge in [-0.2, -0.15) is 0 Å². The van der Waals surface area contributed by atoms with Gasteiger partial charge in [0.1, 0.15) is 4.90 Å². The Hall–Kier alpha value is -1.37. The highest BCUT2D eigenvalue weighted by Crippen LogP contribution is 2.33. The molecule has 1 aliphatic rings. The van der Waals surface area contributed by atoms with Crippen LogP contribution in [-0.4, -0.2) is 20.1 Å². The van der Waals surface area contributed by atoms with Crippen LogP contribution in [0.1, 0.15) is 23.3 Å². The lowest BCUT2D eigenvalue weighted by Crippen LogP contribution is -2.32. The highest BCUT2D eigenvalue weighted by molar-refractivity contribution is 7.93. The van der Waals surface area contributed by atoms with E-state index in [1.165, 1.54) is 15.6 Å². The van der Waals surface area contributed by atoms with E-state index < -0.39 is 10.0 Å². The van der Waals surface area contributed by atoms with Crippen molar-refractivity contribution in [3.05, 3.63) is 46.2 Å². The molecule has 0 aliphatic carbocycles. The third-order valence-corrected chi connectivity index (χ3v) is 6.67. The van der Waals surface area contributed by atoms with Gasteiger partial charge in [-0.3, -0.25) is 4.31 Å². The first-order valence-electron chi connectivity index (χ1n) is 6.92. The standard InChI is InChI=1S/C15H17NO3S2/c17-11-14-15(8-10-20-14)21(18,19)16-9-4-3-6-12-5-1-2-7-13(12)16/h1-2,5,7-8,10,17H,3-4,6,9,11H2. The van der Waals surface area contributed by atoms with Gasteiger partial charge < -0.3 is 5.11 Å². The van der Waals surface area contributed by atoms with Crippen LogP contribution in [-0.2, 0) is 23.1 Å². The molecule has 2 heterocycles. The zero-order valence-electron chi connectivity index (χ0n) is 11.5. The van der Waals surface area contributed by atoms with Crippen molar-refractivity contribution in [3.8, 4) is 0 Å². The first kappa shape index (κ1) is 14.6. The van der Waals surface area contributed by atoms with Crippen LogP contribution in [0.15, 0.2) is 40.6 Å². The first-order chi connectivity index (χ1) is 10.1. The number of nitrogens with zero attached hydrogens (tertiary/aromatic N) is 1. The molecule has 0 spiro atoms. The molecule has 3 rings (SSSR count). The Labute approximate surface area is 128 Å². The van der Waals surface area contributed by atoms with Gasteiger partial charge in [0.05, 0.1) is 17.2 Å². The monoisotopic (exact) mass is 323 g/mol. The number of hydrogen-bond donors (Lipinski definition) is 1. The molecular formula is C15H17NO3S2. The lowest BCUT2D eigenvalue weighted by molar-refractivity contribution is 0.282. The molecule has 0 amide bonds. The molecule has 21 heavy (non-hydrogen) atoms. The van der Waals surface area contributed by atoms with Crippen LogP contribution in [0.5, 0.6) is 0 Å². The third kappa shape index (κ3) is 2.59. The van der Waals surface area contributed by atoms with Crippen molar-refractivity contribution in [1.29, 1.82) is 0 Å². The van der Waals surface area contributed by atoms with Crippen LogP contribution < -0.4 is 4.31 Å². The van der Waals surface area contributed by atoms with E-state index >= 15 is 0 Å². The fourth-order valence-corrected chi connectivity index (χ4v) is 5.51. The molecule has 0 fully saturated rings. The number of rotatable bonds is 3. The van der Waals surface area contributed by atoms with Crippen molar-refractivity contribution < 1.29 is 13.5 Å². The lowest BCUT2D eigenvalue weighted by atomic mass is 10.1. The molecule has 6 heteroatoms. The summed E-state index contributed by atoms with van der Waals surface area (Å²) in [6, 6.07) is 9.25. The minimum atomic E-state index is -3.61. The Bertz CT molecular complexity index is 737. The predicted octanol–water partition coefficient (Wildman–Crippen LogP) is 2.77. The molecule has 0 bridgehead atoms. The molecule has 1 N–H and O–H groups in total. The normalized spacial score (nSPS) is 15.6. The second kappa shape index (κ2) is 5.79. The molecule has 4 nitrogen and oxygen atoms in total. The first-order valence-corrected chi connectivity index (χ1v) is 9.24. The van der Waals surface area contributed by atoms with Gasteiger partial charge in [-0.05, 0) is 42.3 Å². The predicted molar refractivity (Wildman–Crippen MR) is 84.2 cm³/mol. The number of anilines is 1. The molecule has 1 aromatic heterocycles. The molecule has 0 saturated heterocycles. The Morgan fingerprint density at radius 3 is 2.81 bits per heavy atom. The summed E-state index contributed by atoms with van der Waals surface area (Å²) in [6.45, 7) is 0.238. The van der Waals surface area contributed by atoms with Gasteiger partial charge in [-0.25, -0.2) is 8.42 Å². The topological polar surface area (TPSA) is 57.6 Å². The number of para-hydroxylation sites is 1. The van der Waals surface area contributed by atoms with Gasteiger partial charge in [0.25, 0.3) is 10.0 Å². The summed E-state index contributed by atoms with van der Waals surface area (Å²) in [5.41, 5.74) is 1.84. The van der Waals surface area contributed by atoms with E-state index in [-0.39, 0.29) is 11.5 Å². The summed E-state index contributed by atoms with van der Waals surface area (Å²) in [5.74, 6) is 0. The number of fused-ring (bicyclic) bond motifs is 1. The number of thiophene rings is 1. The van der Waals surface area contributed by atoms with Crippen LogP contribution in [0.2, 0.25) is 0 Å². The van der Waals surface area contributed by atoms with Crippen molar-refractivity contribution >= 4 is 27.0 Å². The van der Waals surface area contributed by atoms with Crippen molar-refractivity contribution in [3.63, 3.8) is 0 Å². The van der Waals surface area contributed by atoms with Crippen molar-refractivity contribution in [2.24, 2.45) is 0 Å². The van der Waals surface area contributed by atoms with E-state index in [1.807, 2.05) is 24.3 Å². The van der Waals surface area contributed by atoms with Crippen LogP contribution in [0.4, 0.5) is 5.69 Å². The molecule has 0 unspecified atom stereocenters. The fraction of sp³-hybridized carbons (Fsp3) is 0.333. The molecule has 0 radical (unpaired) electrons. The number of sulfonamides is 1. The minimum Gasteiger partial charge on any atom is -0.391 e. The summed E-state index contributed by atoms with van der Waals surface area (Å²) in [4.78, 5) is 0.725. The van der Waals surface area contributed by atoms with E-state index in [2.05, 4.69) is 0 Å². The number of aliphatic hydroxyl groups excluding tert-OH is 1. The van der Waals surface area contributed by atoms with Gasteiger partial charge in [0.15, 0.2) is 0 Å². The summed E-state index contributed by atoms with van der Waals surface area (Å²) >= 11 is 1.27. The zero-order chi connectivity index (χ0) is 14.9. The van der Waals surface area contributed by atoms with Gasteiger partial charge in [0.2, 0.25) is 0 Å². The lowest BCUT2D eigenvalue weighted by Gasteiger charge is -2.24. The molecular weight excluding hydrogens is 306 g/mol. The van der Waals surface area contributed by atoms with Gasteiger partial charge in [-0.1, -0.05) is 18.2 Å². The summed E-state index contributed by atoms with van der Waals surface area (Å²) in [7, 11) is -3.61. The van der Waals surface area contributed by atoms with Crippen molar-refractivity contribution in [2.45, 2.75) is 30.8 Å². The Morgan fingerprint density at radius 2 is 2.00 bits per heavy atom. The van der Waals surface area contributed by atoms with E-state index in [1.54, 1.807) is 11.4 Å². The largest absolute Gasteiger partial charge is 0.391 e. The highest BCUT2D eigenvalue weighted by atomic mass is 32.2. The molecule has 0 atom stereocenters. The average molecular weight is 323 g/mol. The average Bonchev–Trinajstić information content (AvgIpc) is 2.87. The van der Waals surface area contributed by atoms with Crippen molar-refractivity contribution in [1.82, 2.24) is 0 Å². The molecule has 1 aliphatic heterocycles. The van der Waals surface area contributed by atoms with E-state index in [4.69, 9.17) is 0 Å². The van der Waals surface area contributed by atoms with Crippen LogP contribution >= 0.6 is 11.3 Å². The zero-order valence-corrected chi connectivity index (χ0v) is 13.2. The second-order valence-corrected chi connectivity index (χ2v) is 7.86. The smallest absolute Gasteiger partial charge is 0.265 e. The van der Waals surface area contributed by atoms with E-state index in [0.29, 0.717) is 11.4 Å². The molecule has 2 aromatic rings. The van der Waals surface area contributed by atoms with Crippen molar-refractivity contribution in [2.75, 3.05) is 10.8 Å². The van der Waals surface area contributed by atoms with E-state index in [9.17, 15) is 13.5 Å². The Balaban J connectivity index is 2.11. The summed E-state index contributed by atoms with van der Waals surface area (Å²) in [5, 5.41) is 11.1. The fourth-order valence-electron chi connectivity index (χ4n) is 2.70. The Morgan fingerprint density at radius 1 is 1.19 bits per heavy atom. The summed E-state index contributed by atoms with van der Waals surface area (Å²) < 4.78 is 27.4. The number of hydrogen-bond acceptors (Lipinski definition) is 4. The van der Waals surface area contributed by atoms with Crippen LogP contribution in [0, 0.1) is 0 Å². The number of benzene rings is 1. The van der Waals surface area contributed by atoms with Gasteiger partial charge >= 0.3 is 0 Å². The SMILES string of the molecule is O=S(=O)(c1ccsc1CO)N1CCCCc2ccccc21. The molecule has 1 aromatic carbocycles. The van der Waals surface area contributed by atoms with Gasteiger partial charge in [0, 0.05) is 6.54 Å². The Kier molecular flexibility index (Phi) is 4.01. The maximum absolute atomic E-state index is 13.0. The van der Waals surface area contributed by atoms with Crippen LogP contribution in [0.25, 0.3) is 0 Å². The quantitative estimate of drug-likeness (QED) is 0.945. The third-order valence-electron chi connectivity index (χ3n) is 3.73. The van der Waals surface area contributed by atoms with Gasteiger partial charge in [-0.15, -0.1) is 11.3 Å². The second-order valence-electron chi connectivity index (χ2n) is 5.03. The maximum atomic E-state index is 13.0. The number of aryl methyl sites for hydroxylation is 1. The summed E-state index contributed by atoms with van der Waals surface area (Å²) in [6.07, 6.45) is 2.73. The molecule has 112 valence electrons. The molecule has 0 saturated carbocycles. The van der Waals surface area contributed by atoms with E-state index in [0.717, 1.165) is 30.5 Å². The highest BCUT2D eigenvalue weighted by Gasteiger charge is 2.30.